The summed E-state index contributed by atoms with van der Waals surface area (Å²) in [5.41, 5.74) is 7.05. The number of anilines is 2. The fourth-order valence-corrected chi connectivity index (χ4v) is 3.00. The summed E-state index contributed by atoms with van der Waals surface area (Å²) in [6.07, 6.45) is 2.29. The van der Waals surface area contributed by atoms with Crippen LogP contribution in [0.5, 0.6) is 5.75 Å². The molecule has 9 nitrogen and oxygen atoms in total. The molecule has 4 N–H and O–H groups in total. The fourth-order valence-electron chi connectivity index (χ4n) is 2.42. The highest BCUT2D eigenvalue weighted by atomic mass is 131. The van der Waals surface area contributed by atoms with Gasteiger partial charge in [0.05, 0.1) is 9.83 Å². The first-order chi connectivity index (χ1) is 12.6. The number of nitrogen functional groups attached to an aromatic ring is 1. The van der Waals surface area contributed by atoms with Crippen LogP contribution >= 0.6 is 22.6 Å². The molecule has 0 aliphatic carbocycles. The Kier molecular flexibility index (Phi) is 4.32. The van der Waals surface area contributed by atoms with Crippen molar-refractivity contribution >= 4 is 40.3 Å². The standard InChI is InChI=1S/C16H14IN7O2/c17-10-8-9(3-4-11(10)25)5-6-19-15-21-14(18)24-16(22-15)20-13(23-24)12-2-1-7-26-12/h1-4,7-8,25H,5-6H2,(H3,18,19,20,21,22,23)/i17+4. The van der Waals surface area contributed by atoms with Gasteiger partial charge in [-0.05, 0) is 58.8 Å². The van der Waals surface area contributed by atoms with Gasteiger partial charge in [-0.15, -0.1) is 5.10 Å². The number of phenolic OH excluding ortho intramolecular Hbond substituents is 1. The third-order valence-corrected chi connectivity index (χ3v) is 4.55. The Morgan fingerprint density at radius 3 is 2.88 bits per heavy atom. The number of aromatic nitrogens is 5. The number of nitrogens with zero attached hydrogens (tertiary/aromatic N) is 5. The maximum absolute atomic E-state index is 9.57. The number of furan rings is 1. The quantitative estimate of drug-likeness (QED) is 0.382. The highest BCUT2D eigenvalue weighted by Gasteiger charge is 2.13. The van der Waals surface area contributed by atoms with Gasteiger partial charge in [-0.1, -0.05) is 6.07 Å². The molecule has 0 radical (unpaired) electrons. The Morgan fingerprint density at radius 1 is 1.23 bits per heavy atom. The van der Waals surface area contributed by atoms with E-state index >= 15 is 0 Å². The van der Waals surface area contributed by atoms with E-state index in [9.17, 15) is 5.11 Å². The summed E-state index contributed by atoms with van der Waals surface area (Å²) in [5, 5.41) is 17.0. The van der Waals surface area contributed by atoms with Crippen LogP contribution in [-0.2, 0) is 6.42 Å². The molecule has 4 aromatic rings. The van der Waals surface area contributed by atoms with Crippen molar-refractivity contribution in [3.05, 3.63) is 45.7 Å². The first-order valence-corrected chi connectivity index (χ1v) is 8.83. The molecule has 132 valence electrons. The van der Waals surface area contributed by atoms with Crippen LogP contribution in [0, 0.1) is 3.57 Å². The summed E-state index contributed by atoms with van der Waals surface area (Å²) in [6, 6.07) is 9.02. The van der Waals surface area contributed by atoms with Gasteiger partial charge in [0.2, 0.25) is 17.7 Å². The molecule has 26 heavy (non-hydrogen) atoms. The maximum Gasteiger partial charge on any atom is 0.259 e. The van der Waals surface area contributed by atoms with Gasteiger partial charge in [0, 0.05) is 6.54 Å². The molecule has 3 aromatic heterocycles. The van der Waals surface area contributed by atoms with Crippen LogP contribution in [0.25, 0.3) is 17.4 Å². The van der Waals surface area contributed by atoms with Gasteiger partial charge < -0.3 is 20.6 Å². The monoisotopic (exact) mass is 467 g/mol. The number of benzene rings is 1. The second-order valence-electron chi connectivity index (χ2n) is 5.49. The van der Waals surface area contributed by atoms with Crippen molar-refractivity contribution in [1.29, 1.82) is 0 Å². The minimum Gasteiger partial charge on any atom is -0.507 e. The maximum atomic E-state index is 9.57. The van der Waals surface area contributed by atoms with Crippen LogP contribution in [0.2, 0.25) is 0 Å². The van der Waals surface area contributed by atoms with Gasteiger partial charge in [0.25, 0.3) is 5.78 Å². The van der Waals surface area contributed by atoms with Crippen molar-refractivity contribution in [3.8, 4) is 17.3 Å². The number of hydrogen-bond donors (Lipinski definition) is 3. The van der Waals surface area contributed by atoms with Gasteiger partial charge in [-0.25, -0.2) is 0 Å². The van der Waals surface area contributed by atoms with Crippen LogP contribution in [0.1, 0.15) is 5.56 Å². The van der Waals surface area contributed by atoms with Gasteiger partial charge in [0.15, 0.2) is 5.76 Å². The van der Waals surface area contributed by atoms with Crippen molar-refractivity contribution < 1.29 is 9.52 Å². The number of nitrogens with one attached hydrogen (secondary N) is 1. The Morgan fingerprint density at radius 2 is 2.12 bits per heavy atom. The molecule has 0 unspecified atom stereocenters. The van der Waals surface area contributed by atoms with E-state index in [1.54, 1.807) is 24.5 Å². The number of nitrogens with two attached hydrogens (primary N) is 1. The smallest absolute Gasteiger partial charge is 0.259 e. The van der Waals surface area contributed by atoms with Crippen LogP contribution in [-0.4, -0.2) is 36.2 Å². The Hall–Kier alpha value is -2.89. The molecule has 4 rings (SSSR count). The largest absolute Gasteiger partial charge is 0.507 e. The Balaban J connectivity index is 1.50. The molecule has 0 amide bonds. The minimum absolute atomic E-state index is 0.182. The summed E-state index contributed by atoms with van der Waals surface area (Å²) in [6.45, 7) is 0.607. The number of aromatic hydroxyl groups is 1. The minimum atomic E-state index is 0.182. The lowest BCUT2D eigenvalue weighted by Gasteiger charge is -2.07. The highest BCUT2D eigenvalue weighted by Crippen LogP contribution is 2.21. The van der Waals surface area contributed by atoms with Crippen LogP contribution in [0.4, 0.5) is 11.9 Å². The molecule has 0 atom stereocenters. The molecule has 10 heteroatoms. The predicted molar refractivity (Wildman–Crippen MR) is 104 cm³/mol. The average Bonchev–Trinajstić information content (AvgIpc) is 3.27. The van der Waals surface area contributed by atoms with E-state index in [-0.39, 0.29) is 11.7 Å². The van der Waals surface area contributed by atoms with Crippen LogP contribution in [0.15, 0.2) is 41.0 Å². The second kappa shape index (κ2) is 6.78. The zero-order chi connectivity index (χ0) is 18.1. The molecule has 0 aliphatic heterocycles. The van der Waals surface area contributed by atoms with E-state index < -0.39 is 0 Å². The lowest BCUT2D eigenvalue weighted by atomic mass is 10.1. The summed E-state index contributed by atoms with van der Waals surface area (Å²) in [5.74, 6) is 2.11. The third-order valence-electron chi connectivity index (χ3n) is 3.68. The highest BCUT2D eigenvalue weighted by molar-refractivity contribution is 14.1. The van der Waals surface area contributed by atoms with E-state index in [0.29, 0.717) is 29.9 Å². The number of rotatable bonds is 5. The summed E-state index contributed by atoms with van der Waals surface area (Å²) < 4.78 is 7.47. The summed E-state index contributed by atoms with van der Waals surface area (Å²) >= 11 is 2.10. The van der Waals surface area contributed by atoms with E-state index in [1.807, 2.05) is 12.1 Å². The molecule has 0 aliphatic rings. The van der Waals surface area contributed by atoms with Crippen LogP contribution in [0.3, 0.4) is 0 Å². The normalized spacial score (nSPS) is 11.1. The zero-order valence-corrected chi connectivity index (χ0v) is 15.6. The number of hydrogen-bond acceptors (Lipinski definition) is 8. The van der Waals surface area contributed by atoms with Gasteiger partial charge in [-0.3, -0.25) is 0 Å². The third kappa shape index (κ3) is 3.27. The van der Waals surface area contributed by atoms with Crippen molar-refractivity contribution in [3.63, 3.8) is 0 Å². The number of halogens is 1. The van der Waals surface area contributed by atoms with Crippen molar-refractivity contribution in [2.24, 2.45) is 0 Å². The first-order valence-electron chi connectivity index (χ1n) is 7.75. The lowest BCUT2D eigenvalue weighted by Crippen LogP contribution is -2.12. The molecular formula is C16H14IN7O2. The molecule has 0 spiro atoms. The molecule has 1 aromatic carbocycles. The molecular weight excluding hydrogens is 453 g/mol. The van der Waals surface area contributed by atoms with Crippen LogP contribution < -0.4 is 11.1 Å². The molecule has 3 heterocycles. The van der Waals surface area contributed by atoms with Gasteiger partial charge in [-0.2, -0.15) is 19.5 Å². The number of fused-ring (bicyclic) bond motifs is 1. The Labute approximate surface area is 161 Å². The van der Waals surface area contributed by atoms with Gasteiger partial charge >= 0.3 is 0 Å². The zero-order valence-electron chi connectivity index (χ0n) is 13.4. The van der Waals surface area contributed by atoms with Crippen molar-refractivity contribution in [1.82, 2.24) is 24.6 Å². The molecule has 0 bridgehead atoms. The Bertz CT molecular complexity index is 1060. The molecule has 0 saturated carbocycles. The average molecular weight is 467 g/mol. The summed E-state index contributed by atoms with van der Waals surface area (Å²) in [4.78, 5) is 12.9. The van der Waals surface area contributed by atoms with E-state index in [0.717, 1.165) is 15.6 Å². The molecule has 0 fully saturated rings. The lowest BCUT2D eigenvalue weighted by molar-refractivity contribution is 0.471. The van der Waals surface area contributed by atoms with Crippen molar-refractivity contribution in [2.75, 3.05) is 17.6 Å². The first kappa shape index (κ1) is 16.6. The van der Waals surface area contributed by atoms with Gasteiger partial charge in [0.1, 0.15) is 5.75 Å². The second-order valence-corrected chi connectivity index (χ2v) is 6.65. The van der Waals surface area contributed by atoms with E-state index in [4.69, 9.17) is 10.2 Å². The van der Waals surface area contributed by atoms with E-state index in [1.165, 1.54) is 4.52 Å². The summed E-state index contributed by atoms with van der Waals surface area (Å²) in [7, 11) is 0. The molecule has 0 saturated heterocycles. The topological polar surface area (TPSA) is 127 Å². The predicted octanol–water partition coefficient (Wildman–Crippen LogP) is 2.33. The van der Waals surface area contributed by atoms with E-state index in [2.05, 4.69) is 48.0 Å². The number of phenols is 1. The SMILES string of the molecule is Nc1nc(NCCc2ccc(O)c([131I])c2)nc2nc(-c3ccco3)nn12. The fraction of sp³-hybridized carbons (Fsp3) is 0.125. The van der Waals surface area contributed by atoms with Crippen molar-refractivity contribution in [2.45, 2.75) is 6.42 Å².